The summed E-state index contributed by atoms with van der Waals surface area (Å²) in [5.74, 6) is -1.60. The summed E-state index contributed by atoms with van der Waals surface area (Å²) >= 11 is 0. The Balaban J connectivity index is 2.26. The number of aromatic nitrogens is 1. The topological polar surface area (TPSA) is 68.3 Å². The molecule has 1 saturated heterocycles. The van der Waals surface area contributed by atoms with Crippen molar-refractivity contribution in [3.05, 3.63) is 18.0 Å². The van der Waals surface area contributed by atoms with Crippen molar-refractivity contribution in [2.75, 3.05) is 13.1 Å². The second-order valence-corrected chi connectivity index (χ2v) is 7.16. The van der Waals surface area contributed by atoms with Gasteiger partial charge in [-0.15, -0.1) is 0 Å². The van der Waals surface area contributed by atoms with E-state index < -0.39 is 28.7 Å². The maximum atomic E-state index is 12.8. The summed E-state index contributed by atoms with van der Waals surface area (Å²) in [6.07, 6.45) is -2.81. The molecule has 120 valence electrons. The molecule has 21 heavy (non-hydrogen) atoms. The Bertz CT molecular complexity index is 610. The molecule has 1 aromatic heterocycles. The van der Waals surface area contributed by atoms with Gasteiger partial charge in [0.15, 0.2) is 0 Å². The zero-order chi connectivity index (χ0) is 15.8. The number of alkyl halides is 3. The minimum atomic E-state index is -4.37. The molecule has 1 aliphatic rings. The number of rotatable bonds is 3. The van der Waals surface area contributed by atoms with E-state index in [0.29, 0.717) is 5.69 Å². The van der Waals surface area contributed by atoms with Crippen molar-refractivity contribution < 1.29 is 21.6 Å². The van der Waals surface area contributed by atoms with Crippen LogP contribution in [0.1, 0.15) is 18.5 Å². The molecule has 2 rings (SSSR count). The highest BCUT2D eigenvalue weighted by atomic mass is 32.2. The van der Waals surface area contributed by atoms with Gasteiger partial charge < -0.3 is 10.3 Å². The molecule has 9 heteroatoms. The lowest BCUT2D eigenvalue weighted by molar-refractivity contribution is -0.182. The lowest BCUT2D eigenvalue weighted by atomic mass is 9.99. The molecule has 2 heterocycles. The van der Waals surface area contributed by atoms with Crippen LogP contribution in [0.2, 0.25) is 0 Å². The van der Waals surface area contributed by atoms with Crippen LogP contribution in [-0.4, -0.2) is 36.6 Å². The number of sulfonamides is 1. The van der Waals surface area contributed by atoms with E-state index in [-0.39, 0.29) is 30.8 Å². The standard InChI is InChI=1S/C12H18F3N3O2S/c1-17-8-11(5-10(17)6-16)21(19,20)18-4-2-3-9(7-18)12(13,14)15/h5,8-9H,2-4,6-7,16H2,1H3. The molecule has 0 spiro atoms. The average molecular weight is 325 g/mol. The Labute approximate surface area is 121 Å². The van der Waals surface area contributed by atoms with Gasteiger partial charge in [0.25, 0.3) is 0 Å². The monoisotopic (exact) mass is 325 g/mol. The number of nitrogens with two attached hydrogens (primary N) is 1. The van der Waals surface area contributed by atoms with Crippen LogP contribution in [0.5, 0.6) is 0 Å². The average Bonchev–Trinajstić information content (AvgIpc) is 2.80. The van der Waals surface area contributed by atoms with Gasteiger partial charge in [0.05, 0.1) is 5.92 Å². The fourth-order valence-electron chi connectivity index (χ4n) is 2.50. The fraction of sp³-hybridized carbons (Fsp3) is 0.667. The van der Waals surface area contributed by atoms with Crippen LogP contribution in [0.3, 0.4) is 0 Å². The quantitative estimate of drug-likeness (QED) is 0.914. The Hall–Kier alpha value is -1.06. The number of nitrogens with zero attached hydrogens (tertiary/aromatic N) is 2. The predicted octanol–water partition coefficient (Wildman–Crippen LogP) is 1.45. The van der Waals surface area contributed by atoms with Crippen molar-refractivity contribution in [1.29, 1.82) is 0 Å². The minimum Gasteiger partial charge on any atom is -0.352 e. The van der Waals surface area contributed by atoms with Crippen LogP contribution >= 0.6 is 0 Å². The molecule has 1 aromatic rings. The zero-order valence-electron chi connectivity index (χ0n) is 11.6. The Morgan fingerprint density at radius 1 is 1.43 bits per heavy atom. The molecule has 0 saturated carbocycles. The fourth-order valence-corrected chi connectivity index (χ4v) is 4.12. The van der Waals surface area contributed by atoms with E-state index in [4.69, 9.17) is 5.73 Å². The van der Waals surface area contributed by atoms with Gasteiger partial charge in [0, 0.05) is 38.6 Å². The van der Waals surface area contributed by atoms with Gasteiger partial charge in [-0.05, 0) is 18.9 Å². The second-order valence-electron chi connectivity index (χ2n) is 5.23. The predicted molar refractivity (Wildman–Crippen MR) is 70.8 cm³/mol. The number of piperidine rings is 1. The van der Waals surface area contributed by atoms with Gasteiger partial charge in [-0.3, -0.25) is 0 Å². The first kappa shape index (κ1) is 16.3. The third-order valence-electron chi connectivity index (χ3n) is 3.78. The van der Waals surface area contributed by atoms with Crippen molar-refractivity contribution >= 4 is 10.0 Å². The summed E-state index contributed by atoms with van der Waals surface area (Å²) in [7, 11) is -2.26. The maximum absolute atomic E-state index is 12.8. The van der Waals surface area contributed by atoms with E-state index in [1.165, 1.54) is 12.3 Å². The molecule has 0 amide bonds. The summed E-state index contributed by atoms with van der Waals surface area (Å²) in [5.41, 5.74) is 6.10. The Morgan fingerprint density at radius 2 is 2.10 bits per heavy atom. The number of hydrogen-bond donors (Lipinski definition) is 1. The number of hydrogen-bond acceptors (Lipinski definition) is 3. The van der Waals surface area contributed by atoms with Crippen molar-refractivity contribution in [2.45, 2.75) is 30.5 Å². The lowest BCUT2D eigenvalue weighted by Gasteiger charge is -2.32. The van der Waals surface area contributed by atoms with Crippen LogP contribution in [0.4, 0.5) is 13.2 Å². The van der Waals surface area contributed by atoms with Crippen LogP contribution in [-0.2, 0) is 23.6 Å². The lowest BCUT2D eigenvalue weighted by Crippen LogP contribution is -2.44. The van der Waals surface area contributed by atoms with Crippen molar-refractivity contribution in [2.24, 2.45) is 18.7 Å². The van der Waals surface area contributed by atoms with Gasteiger partial charge >= 0.3 is 6.18 Å². The van der Waals surface area contributed by atoms with Crippen molar-refractivity contribution in [3.8, 4) is 0 Å². The highest BCUT2D eigenvalue weighted by Gasteiger charge is 2.44. The SMILES string of the molecule is Cn1cc(S(=O)(=O)N2CCCC(C(F)(F)F)C2)cc1CN. The van der Waals surface area contributed by atoms with E-state index in [0.717, 1.165) is 4.31 Å². The molecule has 1 fully saturated rings. The molecule has 0 aromatic carbocycles. The van der Waals surface area contributed by atoms with Crippen LogP contribution in [0.25, 0.3) is 0 Å². The van der Waals surface area contributed by atoms with E-state index in [2.05, 4.69) is 0 Å². The van der Waals surface area contributed by atoms with Gasteiger partial charge in [-0.1, -0.05) is 0 Å². The molecular formula is C12H18F3N3O2S. The van der Waals surface area contributed by atoms with Crippen LogP contribution in [0.15, 0.2) is 17.2 Å². The third kappa shape index (κ3) is 3.24. The first-order valence-corrected chi connectivity index (χ1v) is 8.02. The maximum Gasteiger partial charge on any atom is 0.393 e. The summed E-state index contributed by atoms with van der Waals surface area (Å²) in [6.45, 7) is -0.238. The van der Waals surface area contributed by atoms with Gasteiger partial charge in [-0.25, -0.2) is 8.42 Å². The Kier molecular flexibility index (Phi) is 4.36. The van der Waals surface area contributed by atoms with E-state index in [1.54, 1.807) is 11.6 Å². The van der Waals surface area contributed by atoms with E-state index in [9.17, 15) is 21.6 Å². The van der Waals surface area contributed by atoms with Crippen LogP contribution < -0.4 is 5.73 Å². The summed E-state index contributed by atoms with van der Waals surface area (Å²) < 4.78 is 65.7. The molecule has 1 aliphatic heterocycles. The molecule has 0 bridgehead atoms. The van der Waals surface area contributed by atoms with Gasteiger partial charge in [0.1, 0.15) is 4.90 Å². The molecule has 1 unspecified atom stereocenters. The molecule has 5 nitrogen and oxygen atoms in total. The van der Waals surface area contributed by atoms with E-state index in [1.807, 2.05) is 0 Å². The van der Waals surface area contributed by atoms with Gasteiger partial charge in [0.2, 0.25) is 10.0 Å². The summed E-state index contributed by atoms with van der Waals surface area (Å²) in [5, 5.41) is 0. The smallest absolute Gasteiger partial charge is 0.352 e. The molecule has 1 atom stereocenters. The first-order valence-electron chi connectivity index (χ1n) is 6.58. The highest BCUT2D eigenvalue weighted by Crippen LogP contribution is 2.35. The summed E-state index contributed by atoms with van der Waals surface area (Å²) in [6, 6.07) is 1.41. The number of aryl methyl sites for hydroxylation is 1. The Morgan fingerprint density at radius 3 is 2.62 bits per heavy atom. The van der Waals surface area contributed by atoms with Crippen molar-refractivity contribution in [3.63, 3.8) is 0 Å². The van der Waals surface area contributed by atoms with Crippen molar-refractivity contribution in [1.82, 2.24) is 8.87 Å². The first-order chi connectivity index (χ1) is 9.66. The summed E-state index contributed by atoms with van der Waals surface area (Å²) in [4.78, 5) is -0.00623. The normalized spacial score (nSPS) is 21.7. The third-order valence-corrected chi connectivity index (χ3v) is 5.61. The van der Waals surface area contributed by atoms with E-state index >= 15 is 0 Å². The molecule has 0 aliphatic carbocycles. The minimum absolute atomic E-state index is 0.00623. The largest absolute Gasteiger partial charge is 0.393 e. The highest BCUT2D eigenvalue weighted by molar-refractivity contribution is 7.89. The molecule has 2 N–H and O–H groups in total. The van der Waals surface area contributed by atoms with Gasteiger partial charge in [-0.2, -0.15) is 17.5 Å². The molecular weight excluding hydrogens is 307 g/mol. The second kappa shape index (κ2) is 5.62. The molecule has 0 radical (unpaired) electrons. The zero-order valence-corrected chi connectivity index (χ0v) is 12.4. The van der Waals surface area contributed by atoms with Crippen LogP contribution in [0, 0.1) is 5.92 Å². The number of halogens is 3.